The van der Waals surface area contributed by atoms with Crippen molar-refractivity contribution in [3.05, 3.63) is 65.5 Å². The number of carbonyl (C=O) groups excluding carboxylic acids is 2. The Morgan fingerprint density at radius 1 is 1.12 bits per heavy atom. The van der Waals surface area contributed by atoms with Crippen LogP contribution in [0.15, 0.2) is 48.5 Å². The Balaban J connectivity index is 1.77. The molecule has 0 aliphatic carbocycles. The molecule has 3 rings (SSSR count). The van der Waals surface area contributed by atoms with Gasteiger partial charge in [0.15, 0.2) is 0 Å². The van der Waals surface area contributed by atoms with E-state index in [1.54, 1.807) is 30.3 Å². The summed E-state index contributed by atoms with van der Waals surface area (Å²) in [7, 11) is 0. The maximum absolute atomic E-state index is 13.3. The Morgan fingerprint density at radius 2 is 1.88 bits per heavy atom. The lowest BCUT2D eigenvalue weighted by molar-refractivity contribution is 0.0608. The van der Waals surface area contributed by atoms with Gasteiger partial charge in [-0.15, -0.1) is 0 Å². The van der Waals surface area contributed by atoms with Crippen molar-refractivity contribution in [2.75, 3.05) is 11.9 Å². The highest BCUT2D eigenvalue weighted by Gasteiger charge is 2.26. The first kappa shape index (κ1) is 18.1. The van der Waals surface area contributed by atoms with Crippen molar-refractivity contribution < 1.29 is 14.0 Å². The van der Waals surface area contributed by atoms with Gasteiger partial charge in [0.25, 0.3) is 11.8 Å². The lowest BCUT2D eigenvalue weighted by Gasteiger charge is -2.35. The van der Waals surface area contributed by atoms with Crippen molar-refractivity contribution in [2.45, 2.75) is 38.6 Å². The van der Waals surface area contributed by atoms with E-state index in [0.29, 0.717) is 16.8 Å². The molecule has 1 saturated heterocycles. The predicted molar refractivity (Wildman–Crippen MR) is 99.8 cm³/mol. The highest BCUT2D eigenvalue weighted by atomic mass is 19.1. The van der Waals surface area contributed by atoms with Crippen LogP contribution in [0.5, 0.6) is 0 Å². The minimum absolute atomic E-state index is 0.0306. The normalized spacial score (nSPS) is 17.0. The standard InChI is InChI=1S/C21H23FN2O2/c1-2-19-11-3-4-12-24(19)21(26)16-8-5-7-15(13-16)20(25)23-18-10-6-9-17(22)14-18/h5-10,13-14,19H,2-4,11-12H2,1H3,(H,23,25). The van der Waals surface area contributed by atoms with Gasteiger partial charge in [-0.25, -0.2) is 4.39 Å². The van der Waals surface area contributed by atoms with Crippen LogP contribution in [0.2, 0.25) is 0 Å². The fourth-order valence-electron chi connectivity index (χ4n) is 3.42. The van der Waals surface area contributed by atoms with Crippen LogP contribution in [0.3, 0.4) is 0 Å². The molecule has 0 radical (unpaired) electrons. The summed E-state index contributed by atoms with van der Waals surface area (Å²) < 4.78 is 13.3. The second-order valence-corrected chi connectivity index (χ2v) is 6.60. The molecule has 2 aromatic carbocycles. The van der Waals surface area contributed by atoms with E-state index in [1.807, 2.05) is 4.90 Å². The highest BCUT2D eigenvalue weighted by Crippen LogP contribution is 2.22. The van der Waals surface area contributed by atoms with E-state index >= 15 is 0 Å². The topological polar surface area (TPSA) is 49.4 Å². The van der Waals surface area contributed by atoms with Crippen molar-refractivity contribution >= 4 is 17.5 Å². The quantitative estimate of drug-likeness (QED) is 0.880. The molecule has 1 N–H and O–H groups in total. The minimum atomic E-state index is -0.414. The molecular weight excluding hydrogens is 331 g/mol. The van der Waals surface area contributed by atoms with Crippen LogP contribution in [0.1, 0.15) is 53.3 Å². The maximum atomic E-state index is 13.3. The van der Waals surface area contributed by atoms with Crippen LogP contribution >= 0.6 is 0 Å². The lowest BCUT2D eigenvalue weighted by atomic mass is 9.98. The molecule has 1 unspecified atom stereocenters. The highest BCUT2D eigenvalue weighted by molar-refractivity contribution is 6.06. The molecule has 2 aromatic rings. The SMILES string of the molecule is CCC1CCCCN1C(=O)c1cccc(C(=O)Nc2cccc(F)c2)c1. The minimum Gasteiger partial charge on any atom is -0.336 e. The number of carbonyl (C=O) groups is 2. The van der Waals surface area contributed by atoms with Crippen molar-refractivity contribution in [1.29, 1.82) is 0 Å². The fourth-order valence-corrected chi connectivity index (χ4v) is 3.42. The number of anilines is 1. The summed E-state index contributed by atoms with van der Waals surface area (Å²) in [6.45, 7) is 2.86. The Kier molecular flexibility index (Phi) is 5.66. The summed E-state index contributed by atoms with van der Waals surface area (Å²) in [4.78, 5) is 27.3. The molecule has 1 fully saturated rings. The van der Waals surface area contributed by atoms with Crippen LogP contribution in [0.25, 0.3) is 0 Å². The second-order valence-electron chi connectivity index (χ2n) is 6.60. The van der Waals surface area contributed by atoms with Gasteiger partial charge in [-0.3, -0.25) is 9.59 Å². The van der Waals surface area contributed by atoms with Gasteiger partial charge >= 0.3 is 0 Å². The van der Waals surface area contributed by atoms with E-state index in [2.05, 4.69) is 12.2 Å². The van der Waals surface area contributed by atoms with E-state index in [1.165, 1.54) is 18.2 Å². The van der Waals surface area contributed by atoms with Gasteiger partial charge in [0, 0.05) is 29.4 Å². The van der Waals surface area contributed by atoms with Gasteiger partial charge in [0.05, 0.1) is 0 Å². The molecular formula is C21H23FN2O2. The van der Waals surface area contributed by atoms with Crippen LogP contribution in [-0.2, 0) is 0 Å². The number of benzene rings is 2. The summed E-state index contributed by atoms with van der Waals surface area (Å²) in [5, 5.41) is 2.66. The Morgan fingerprint density at radius 3 is 2.65 bits per heavy atom. The molecule has 4 nitrogen and oxygen atoms in total. The summed E-state index contributed by atoms with van der Waals surface area (Å²) in [6, 6.07) is 12.7. The number of amides is 2. The molecule has 136 valence electrons. The fraction of sp³-hybridized carbons (Fsp3) is 0.333. The van der Waals surface area contributed by atoms with Crippen LogP contribution < -0.4 is 5.32 Å². The molecule has 5 heteroatoms. The average molecular weight is 354 g/mol. The molecule has 1 aliphatic heterocycles. The largest absolute Gasteiger partial charge is 0.336 e. The number of piperidine rings is 1. The predicted octanol–water partition coefficient (Wildman–Crippen LogP) is 4.48. The summed E-state index contributed by atoms with van der Waals surface area (Å²) in [5.41, 5.74) is 1.27. The van der Waals surface area contributed by atoms with Crippen molar-refractivity contribution in [3.63, 3.8) is 0 Å². The molecule has 1 aliphatic rings. The lowest BCUT2D eigenvalue weighted by Crippen LogP contribution is -2.43. The third-order valence-corrected chi connectivity index (χ3v) is 4.81. The van der Waals surface area contributed by atoms with Gasteiger partial charge < -0.3 is 10.2 Å². The van der Waals surface area contributed by atoms with Crippen molar-refractivity contribution in [1.82, 2.24) is 4.90 Å². The third kappa shape index (κ3) is 4.10. The number of halogens is 1. The Bertz CT molecular complexity index is 806. The molecule has 26 heavy (non-hydrogen) atoms. The Hall–Kier alpha value is -2.69. The third-order valence-electron chi connectivity index (χ3n) is 4.81. The van der Waals surface area contributed by atoms with Gasteiger partial charge in [0.2, 0.25) is 0 Å². The average Bonchev–Trinajstić information content (AvgIpc) is 2.67. The smallest absolute Gasteiger partial charge is 0.255 e. The first-order chi connectivity index (χ1) is 12.6. The van der Waals surface area contributed by atoms with E-state index in [9.17, 15) is 14.0 Å². The van der Waals surface area contributed by atoms with Gasteiger partial charge in [-0.2, -0.15) is 0 Å². The Labute approximate surface area is 153 Å². The molecule has 2 amide bonds. The first-order valence-corrected chi connectivity index (χ1v) is 9.06. The van der Waals surface area contributed by atoms with E-state index in [-0.39, 0.29) is 17.9 Å². The number of rotatable bonds is 4. The van der Waals surface area contributed by atoms with E-state index in [4.69, 9.17) is 0 Å². The maximum Gasteiger partial charge on any atom is 0.255 e. The number of nitrogens with zero attached hydrogens (tertiary/aromatic N) is 1. The number of likely N-dealkylation sites (tertiary alicyclic amines) is 1. The number of hydrogen-bond donors (Lipinski definition) is 1. The molecule has 1 atom stereocenters. The van der Waals surface area contributed by atoms with E-state index in [0.717, 1.165) is 32.2 Å². The van der Waals surface area contributed by atoms with Gasteiger partial charge in [0.1, 0.15) is 5.82 Å². The monoisotopic (exact) mass is 354 g/mol. The molecule has 0 aromatic heterocycles. The van der Waals surface area contributed by atoms with Gasteiger partial charge in [-0.05, 0) is 62.1 Å². The van der Waals surface area contributed by atoms with Crippen LogP contribution in [0, 0.1) is 5.82 Å². The van der Waals surface area contributed by atoms with E-state index < -0.39 is 5.82 Å². The number of hydrogen-bond acceptors (Lipinski definition) is 2. The molecule has 0 spiro atoms. The van der Waals surface area contributed by atoms with Crippen molar-refractivity contribution in [2.24, 2.45) is 0 Å². The molecule has 0 saturated carbocycles. The second kappa shape index (κ2) is 8.13. The zero-order valence-corrected chi connectivity index (χ0v) is 14.9. The molecule has 1 heterocycles. The zero-order valence-electron chi connectivity index (χ0n) is 14.9. The first-order valence-electron chi connectivity index (χ1n) is 9.06. The summed E-state index contributed by atoms with van der Waals surface area (Å²) in [6.07, 6.45) is 4.13. The van der Waals surface area contributed by atoms with Crippen LogP contribution in [-0.4, -0.2) is 29.3 Å². The zero-order chi connectivity index (χ0) is 18.5. The summed E-state index contributed by atoms with van der Waals surface area (Å²) in [5.74, 6) is -0.810. The summed E-state index contributed by atoms with van der Waals surface area (Å²) >= 11 is 0. The number of nitrogens with one attached hydrogen (secondary N) is 1. The van der Waals surface area contributed by atoms with Gasteiger partial charge in [-0.1, -0.05) is 19.1 Å². The van der Waals surface area contributed by atoms with Crippen LogP contribution in [0.4, 0.5) is 10.1 Å². The molecule has 0 bridgehead atoms. The van der Waals surface area contributed by atoms with Crippen molar-refractivity contribution in [3.8, 4) is 0 Å².